The lowest BCUT2D eigenvalue weighted by Gasteiger charge is -2.06. The van der Waals surface area contributed by atoms with Crippen LogP contribution in [0.3, 0.4) is 0 Å². The highest BCUT2D eigenvalue weighted by molar-refractivity contribution is 5.78. The summed E-state index contributed by atoms with van der Waals surface area (Å²) in [6.07, 6.45) is 3.07. The number of hydrogen-bond donors (Lipinski definition) is 1. The molecular formula is C13H15N3. The Morgan fingerprint density at radius 3 is 2.81 bits per heavy atom. The molecule has 0 bridgehead atoms. The molecule has 1 aromatic carbocycles. The lowest BCUT2D eigenvalue weighted by molar-refractivity contribution is 0.629. The molecule has 0 radical (unpaired) electrons. The van der Waals surface area contributed by atoms with E-state index in [1.807, 2.05) is 30.5 Å². The normalized spacial score (nSPS) is 22.0. The Balaban J connectivity index is 1.88. The van der Waals surface area contributed by atoms with Crippen LogP contribution in [0.25, 0.3) is 10.9 Å². The van der Waals surface area contributed by atoms with E-state index in [9.17, 15) is 0 Å². The molecule has 1 heterocycles. The molecular weight excluding hydrogens is 198 g/mol. The molecule has 2 aromatic rings. The van der Waals surface area contributed by atoms with Crippen LogP contribution in [0.15, 0.2) is 30.5 Å². The first-order valence-corrected chi connectivity index (χ1v) is 5.63. The maximum absolute atomic E-state index is 4.50. The number of hydrogen-bond acceptors (Lipinski definition) is 3. The van der Waals surface area contributed by atoms with Crippen molar-refractivity contribution in [2.24, 2.45) is 5.41 Å². The third-order valence-corrected chi connectivity index (χ3v) is 3.31. The number of fused-ring (bicyclic) bond motifs is 1. The average molecular weight is 213 g/mol. The highest BCUT2D eigenvalue weighted by atomic mass is 15.1. The summed E-state index contributed by atoms with van der Waals surface area (Å²) < 4.78 is 0. The van der Waals surface area contributed by atoms with Gasteiger partial charge < -0.3 is 5.32 Å². The molecule has 1 fully saturated rings. The molecule has 1 atom stereocenters. The fraction of sp³-hybridized carbons (Fsp3) is 0.385. The second-order valence-electron chi connectivity index (χ2n) is 5.14. The third kappa shape index (κ3) is 1.62. The van der Waals surface area contributed by atoms with Gasteiger partial charge >= 0.3 is 0 Å². The van der Waals surface area contributed by atoms with Crippen molar-refractivity contribution in [2.45, 2.75) is 26.3 Å². The Hall–Kier alpha value is -1.64. The second kappa shape index (κ2) is 3.17. The van der Waals surface area contributed by atoms with Crippen LogP contribution in [0.1, 0.15) is 20.3 Å². The Labute approximate surface area is 94.9 Å². The van der Waals surface area contributed by atoms with Crippen LogP contribution in [-0.4, -0.2) is 16.0 Å². The highest BCUT2D eigenvalue weighted by Gasteiger charge is 2.46. The van der Waals surface area contributed by atoms with Gasteiger partial charge in [0.1, 0.15) is 0 Å². The maximum atomic E-state index is 4.50. The van der Waals surface area contributed by atoms with Crippen molar-refractivity contribution in [3.8, 4) is 0 Å². The summed E-state index contributed by atoms with van der Waals surface area (Å²) in [6, 6.07) is 8.57. The summed E-state index contributed by atoms with van der Waals surface area (Å²) in [7, 11) is 0. The van der Waals surface area contributed by atoms with Gasteiger partial charge in [0.2, 0.25) is 5.95 Å². The number of benzene rings is 1. The predicted molar refractivity (Wildman–Crippen MR) is 65.3 cm³/mol. The van der Waals surface area contributed by atoms with Gasteiger partial charge in [-0.1, -0.05) is 32.0 Å². The van der Waals surface area contributed by atoms with Gasteiger partial charge in [0.25, 0.3) is 0 Å². The third-order valence-electron chi connectivity index (χ3n) is 3.31. The maximum Gasteiger partial charge on any atom is 0.223 e. The number of nitrogens with zero attached hydrogens (tertiary/aromatic N) is 2. The van der Waals surface area contributed by atoms with Gasteiger partial charge in [0, 0.05) is 17.6 Å². The first kappa shape index (κ1) is 9.58. The minimum Gasteiger partial charge on any atom is -0.351 e. The molecule has 0 aliphatic heterocycles. The first-order valence-electron chi connectivity index (χ1n) is 5.63. The summed E-state index contributed by atoms with van der Waals surface area (Å²) in [6.45, 7) is 4.51. The van der Waals surface area contributed by atoms with Crippen molar-refractivity contribution in [3.05, 3.63) is 30.5 Å². The van der Waals surface area contributed by atoms with Gasteiger partial charge in [0.05, 0.1) is 5.52 Å². The highest BCUT2D eigenvalue weighted by Crippen LogP contribution is 2.46. The fourth-order valence-corrected chi connectivity index (χ4v) is 1.91. The van der Waals surface area contributed by atoms with Crippen LogP contribution in [0.2, 0.25) is 0 Å². The van der Waals surface area contributed by atoms with E-state index in [-0.39, 0.29) is 0 Å². The Kier molecular flexibility index (Phi) is 1.90. The van der Waals surface area contributed by atoms with E-state index in [1.54, 1.807) is 0 Å². The van der Waals surface area contributed by atoms with Gasteiger partial charge in [-0.25, -0.2) is 9.97 Å². The zero-order valence-corrected chi connectivity index (χ0v) is 9.57. The summed E-state index contributed by atoms with van der Waals surface area (Å²) in [4.78, 5) is 8.83. The minimum atomic E-state index is 0.398. The molecule has 1 aliphatic rings. The Morgan fingerprint density at radius 2 is 2.06 bits per heavy atom. The molecule has 0 amide bonds. The molecule has 1 unspecified atom stereocenters. The van der Waals surface area contributed by atoms with Crippen LogP contribution in [0.4, 0.5) is 5.95 Å². The summed E-state index contributed by atoms with van der Waals surface area (Å²) in [5, 5.41) is 4.46. The standard InChI is InChI=1S/C13H15N3/c1-13(2)7-11(13)16-12-14-8-9-5-3-4-6-10(9)15-12/h3-6,8,11H,7H2,1-2H3,(H,14,15,16). The monoisotopic (exact) mass is 213 g/mol. The van der Waals surface area contributed by atoms with Crippen LogP contribution < -0.4 is 5.32 Å². The quantitative estimate of drug-likeness (QED) is 0.833. The van der Waals surface area contributed by atoms with Crippen molar-refractivity contribution in [1.82, 2.24) is 9.97 Å². The van der Waals surface area contributed by atoms with Gasteiger partial charge in [-0.2, -0.15) is 0 Å². The van der Waals surface area contributed by atoms with E-state index in [2.05, 4.69) is 29.1 Å². The van der Waals surface area contributed by atoms with Crippen LogP contribution in [-0.2, 0) is 0 Å². The molecule has 16 heavy (non-hydrogen) atoms. The van der Waals surface area contributed by atoms with Crippen molar-refractivity contribution < 1.29 is 0 Å². The molecule has 1 saturated carbocycles. The molecule has 3 nitrogen and oxygen atoms in total. The number of nitrogens with one attached hydrogen (secondary N) is 1. The SMILES string of the molecule is CC1(C)CC1Nc1ncc2ccccc2n1. The lowest BCUT2D eigenvalue weighted by atomic mass is 10.2. The number of para-hydroxylation sites is 1. The zero-order valence-electron chi connectivity index (χ0n) is 9.57. The molecule has 0 spiro atoms. The van der Waals surface area contributed by atoms with E-state index < -0.39 is 0 Å². The summed E-state index contributed by atoms with van der Waals surface area (Å²) >= 11 is 0. The Morgan fingerprint density at radius 1 is 1.31 bits per heavy atom. The van der Waals surface area contributed by atoms with Crippen LogP contribution in [0, 0.1) is 5.41 Å². The van der Waals surface area contributed by atoms with Crippen molar-refractivity contribution in [1.29, 1.82) is 0 Å². The van der Waals surface area contributed by atoms with Gasteiger partial charge in [-0.15, -0.1) is 0 Å². The molecule has 1 N–H and O–H groups in total. The minimum absolute atomic E-state index is 0.398. The summed E-state index contributed by atoms with van der Waals surface area (Å²) in [5.74, 6) is 0.745. The molecule has 82 valence electrons. The topological polar surface area (TPSA) is 37.8 Å². The van der Waals surface area contributed by atoms with Crippen LogP contribution >= 0.6 is 0 Å². The van der Waals surface area contributed by atoms with Crippen molar-refractivity contribution in [3.63, 3.8) is 0 Å². The number of aromatic nitrogens is 2. The predicted octanol–water partition coefficient (Wildman–Crippen LogP) is 2.84. The number of anilines is 1. The molecule has 3 heteroatoms. The summed E-state index contributed by atoms with van der Waals surface area (Å²) in [5.41, 5.74) is 1.40. The molecule has 3 rings (SSSR count). The van der Waals surface area contributed by atoms with Gasteiger partial charge in [0.15, 0.2) is 0 Å². The van der Waals surface area contributed by atoms with Crippen molar-refractivity contribution >= 4 is 16.9 Å². The van der Waals surface area contributed by atoms with E-state index in [0.29, 0.717) is 11.5 Å². The van der Waals surface area contributed by atoms with E-state index in [4.69, 9.17) is 0 Å². The second-order valence-corrected chi connectivity index (χ2v) is 5.14. The molecule has 0 saturated heterocycles. The smallest absolute Gasteiger partial charge is 0.223 e. The first-order chi connectivity index (χ1) is 7.65. The van der Waals surface area contributed by atoms with E-state index in [0.717, 1.165) is 16.9 Å². The zero-order chi connectivity index (χ0) is 11.2. The average Bonchev–Trinajstić information content (AvgIpc) is 2.86. The van der Waals surface area contributed by atoms with Crippen LogP contribution in [0.5, 0.6) is 0 Å². The van der Waals surface area contributed by atoms with E-state index >= 15 is 0 Å². The van der Waals surface area contributed by atoms with Gasteiger partial charge in [-0.3, -0.25) is 0 Å². The molecule has 1 aromatic heterocycles. The fourth-order valence-electron chi connectivity index (χ4n) is 1.91. The van der Waals surface area contributed by atoms with Crippen molar-refractivity contribution in [2.75, 3.05) is 5.32 Å². The molecule has 1 aliphatic carbocycles. The van der Waals surface area contributed by atoms with Gasteiger partial charge in [-0.05, 0) is 17.9 Å². The van der Waals surface area contributed by atoms with E-state index in [1.165, 1.54) is 6.42 Å². The number of rotatable bonds is 2. The largest absolute Gasteiger partial charge is 0.351 e. The Bertz CT molecular complexity index is 533. The lowest BCUT2D eigenvalue weighted by Crippen LogP contribution is -2.10.